The number of nitrogens with one attached hydrogen (secondary N) is 1. The number of unbranched alkanes of at least 4 members (excludes halogenated alkanes) is 4. The molecule has 0 aromatic heterocycles. The van der Waals surface area contributed by atoms with E-state index in [0.29, 0.717) is 12.1 Å². The van der Waals surface area contributed by atoms with Crippen LogP contribution in [0, 0.1) is 0 Å². The highest BCUT2D eigenvalue weighted by molar-refractivity contribution is 5.00. The maximum atomic E-state index is 4.30. The summed E-state index contributed by atoms with van der Waals surface area (Å²) in [5.74, 6) is 0. The minimum atomic E-state index is 0.587. The van der Waals surface area contributed by atoms with Crippen LogP contribution in [0.3, 0.4) is 0 Å². The summed E-state index contributed by atoms with van der Waals surface area (Å²) in [5, 5.41) is 3.56. The molecule has 0 heterocycles. The molecule has 0 amide bonds. The summed E-state index contributed by atoms with van der Waals surface area (Å²) in [6.07, 6.45) is 9.09. The molecule has 0 bridgehead atoms. The fraction of sp³-hybridized carbons (Fsp3) is 0.889. The number of rotatable bonds is 13. The molecule has 0 fully saturated rings. The fourth-order valence-corrected chi connectivity index (χ4v) is 2.63. The van der Waals surface area contributed by atoms with Crippen LogP contribution in [-0.4, -0.2) is 30.1 Å². The molecule has 0 aromatic rings. The molecule has 2 nitrogen and oxygen atoms in total. The van der Waals surface area contributed by atoms with Crippen LogP contribution in [-0.2, 0) is 0 Å². The lowest BCUT2D eigenvalue weighted by Gasteiger charge is -2.37. The molecule has 0 aliphatic rings. The average molecular weight is 283 g/mol. The van der Waals surface area contributed by atoms with E-state index in [2.05, 4.69) is 51.4 Å². The molecule has 0 aliphatic carbocycles. The van der Waals surface area contributed by atoms with Crippen LogP contribution in [0.1, 0.15) is 79.6 Å². The van der Waals surface area contributed by atoms with Crippen LogP contribution in [0.2, 0.25) is 0 Å². The van der Waals surface area contributed by atoms with Gasteiger partial charge in [-0.15, -0.1) is 0 Å². The largest absolute Gasteiger partial charge is 0.369 e. The van der Waals surface area contributed by atoms with Gasteiger partial charge in [-0.2, -0.15) is 0 Å². The maximum absolute atomic E-state index is 4.30. The molecule has 0 unspecified atom stereocenters. The lowest BCUT2D eigenvalue weighted by Crippen LogP contribution is -2.41. The Morgan fingerprint density at radius 3 is 2.00 bits per heavy atom. The van der Waals surface area contributed by atoms with Gasteiger partial charge in [0, 0.05) is 24.3 Å². The fourth-order valence-electron chi connectivity index (χ4n) is 2.63. The Morgan fingerprint density at radius 1 is 0.950 bits per heavy atom. The van der Waals surface area contributed by atoms with Crippen LogP contribution in [0.15, 0.2) is 12.3 Å². The standard InChI is InChI=1S/C18H38N2/c1-7-10-11-12-13-14-19-15-18(6)20(16(4)8-2)17(5)9-3/h16-17,19H,6-15H2,1-5H3/t16-,17+. The SMILES string of the molecule is C=C(CNCCCCCCC)N([C@H](C)CC)[C@@H](C)CC. The summed E-state index contributed by atoms with van der Waals surface area (Å²) in [4.78, 5) is 2.50. The van der Waals surface area contributed by atoms with E-state index >= 15 is 0 Å². The zero-order chi connectivity index (χ0) is 15.4. The van der Waals surface area contributed by atoms with Crippen molar-refractivity contribution in [2.75, 3.05) is 13.1 Å². The summed E-state index contributed by atoms with van der Waals surface area (Å²) in [5.41, 5.74) is 1.25. The normalized spacial score (nSPS) is 14.1. The highest BCUT2D eigenvalue weighted by Crippen LogP contribution is 2.17. The van der Waals surface area contributed by atoms with Crippen molar-refractivity contribution < 1.29 is 0 Å². The molecule has 0 radical (unpaired) electrons. The van der Waals surface area contributed by atoms with Gasteiger partial charge in [-0.05, 0) is 39.7 Å². The molecule has 0 rings (SSSR count). The van der Waals surface area contributed by atoms with Gasteiger partial charge in [0.1, 0.15) is 0 Å². The number of nitrogens with zero attached hydrogens (tertiary/aromatic N) is 1. The Bertz CT molecular complexity index is 228. The first kappa shape index (κ1) is 19.5. The second kappa shape index (κ2) is 12.3. The predicted molar refractivity (Wildman–Crippen MR) is 92.1 cm³/mol. The van der Waals surface area contributed by atoms with Crippen molar-refractivity contribution in [2.45, 2.75) is 91.6 Å². The maximum Gasteiger partial charge on any atom is 0.0350 e. The van der Waals surface area contributed by atoms with Crippen molar-refractivity contribution in [3.63, 3.8) is 0 Å². The Hall–Kier alpha value is -0.500. The summed E-state index contributed by atoms with van der Waals surface area (Å²) in [6.45, 7) is 17.8. The van der Waals surface area contributed by atoms with Crippen molar-refractivity contribution in [1.82, 2.24) is 10.2 Å². The Balaban J connectivity index is 3.96. The van der Waals surface area contributed by atoms with Crippen LogP contribution >= 0.6 is 0 Å². The highest BCUT2D eigenvalue weighted by Gasteiger charge is 2.18. The molecule has 20 heavy (non-hydrogen) atoms. The minimum Gasteiger partial charge on any atom is -0.369 e. The molecule has 0 aromatic carbocycles. The van der Waals surface area contributed by atoms with Crippen LogP contribution < -0.4 is 5.32 Å². The first-order chi connectivity index (χ1) is 9.58. The third-order valence-electron chi connectivity index (χ3n) is 4.28. The third-order valence-corrected chi connectivity index (χ3v) is 4.28. The predicted octanol–water partition coefficient (Wildman–Crippen LogP) is 4.96. The van der Waals surface area contributed by atoms with Crippen molar-refractivity contribution >= 4 is 0 Å². The third kappa shape index (κ3) is 7.94. The average Bonchev–Trinajstić information content (AvgIpc) is 2.45. The van der Waals surface area contributed by atoms with Gasteiger partial charge in [0.05, 0.1) is 0 Å². The Morgan fingerprint density at radius 2 is 1.50 bits per heavy atom. The first-order valence-corrected chi connectivity index (χ1v) is 8.75. The van der Waals surface area contributed by atoms with Crippen LogP contribution in [0.4, 0.5) is 0 Å². The van der Waals surface area contributed by atoms with Crippen LogP contribution in [0.25, 0.3) is 0 Å². The van der Waals surface area contributed by atoms with Gasteiger partial charge in [-0.1, -0.05) is 53.0 Å². The molecule has 0 saturated carbocycles. The molecule has 120 valence electrons. The van der Waals surface area contributed by atoms with Gasteiger partial charge >= 0.3 is 0 Å². The Kier molecular flexibility index (Phi) is 12.0. The number of hydrogen-bond donors (Lipinski definition) is 1. The molecule has 2 heteroatoms. The first-order valence-electron chi connectivity index (χ1n) is 8.75. The van der Waals surface area contributed by atoms with E-state index in [1.807, 2.05) is 0 Å². The quantitative estimate of drug-likeness (QED) is 0.480. The number of hydrogen-bond acceptors (Lipinski definition) is 2. The molecule has 2 atom stereocenters. The van der Waals surface area contributed by atoms with E-state index in [9.17, 15) is 0 Å². The molecule has 0 aliphatic heterocycles. The Labute approximate surface area is 128 Å². The van der Waals surface area contributed by atoms with Crippen molar-refractivity contribution in [2.24, 2.45) is 0 Å². The van der Waals surface area contributed by atoms with E-state index in [1.54, 1.807) is 0 Å². The second-order valence-corrected chi connectivity index (χ2v) is 6.08. The molecular weight excluding hydrogens is 244 g/mol. The van der Waals surface area contributed by atoms with Gasteiger partial charge in [-0.3, -0.25) is 0 Å². The summed E-state index contributed by atoms with van der Waals surface area (Å²) >= 11 is 0. The topological polar surface area (TPSA) is 15.3 Å². The van der Waals surface area contributed by atoms with Crippen molar-refractivity contribution in [1.29, 1.82) is 0 Å². The lowest BCUT2D eigenvalue weighted by molar-refractivity contribution is 0.192. The van der Waals surface area contributed by atoms with Gasteiger partial charge in [-0.25, -0.2) is 0 Å². The summed E-state index contributed by atoms with van der Waals surface area (Å²) < 4.78 is 0. The van der Waals surface area contributed by atoms with Crippen molar-refractivity contribution in [3.8, 4) is 0 Å². The monoisotopic (exact) mass is 282 g/mol. The van der Waals surface area contributed by atoms with Crippen LogP contribution in [0.5, 0.6) is 0 Å². The van der Waals surface area contributed by atoms with E-state index < -0.39 is 0 Å². The zero-order valence-electron chi connectivity index (χ0n) is 14.7. The van der Waals surface area contributed by atoms with Gasteiger partial charge in [0.15, 0.2) is 0 Å². The highest BCUT2D eigenvalue weighted by atomic mass is 15.2. The summed E-state index contributed by atoms with van der Waals surface area (Å²) in [7, 11) is 0. The summed E-state index contributed by atoms with van der Waals surface area (Å²) in [6, 6.07) is 1.17. The molecular formula is C18H38N2. The molecule has 0 spiro atoms. The van der Waals surface area contributed by atoms with E-state index in [4.69, 9.17) is 0 Å². The van der Waals surface area contributed by atoms with Gasteiger partial charge in [0.25, 0.3) is 0 Å². The lowest BCUT2D eigenvalue weighted by atomic mass is 10.1. The smallest absolute Gasteiger partial charge is 0.0350 e. The van der Waals surface area contributed by atoms with E-state index in [-0.39, 0.29) is 0 Å². The molecule has 0 saturated heterocycles. The minimum absolute atomic E-state index is 0.587. The van der Waals surface area contributed by atoms with E-state index in [0.717, 1.165) is 13.1 Å². The molecule has 1 N–H and O–H groups in total. The van der Waals surface area contributed by atoms with Gasteiger partial charge < -0.3 is 10.2 Å². The van der Waals surface area contributed by atoms with Crippen molar-refractivity contribution in [3.05, 3.63) is 12.3 Å². The van der Waals surface area contributed by atoms with E-state index in [1.165, 1.54) is 50.6 Å². The zero-order valence-corrected chi connectivity index (χ0v) is 14.7. The second-order valence-electron chi connectivity index (χ2n) is 6.08. The van der Waals surface area contributed by atoms with Gasteiger partial charge in [0.2, 0.25) is 0 Å².